The van der Waals surface area contributed by atoms with Gasteiger partial charge in [-0.2, -0.15) is 0 Å². The van der Waals surface area contributed by atoms with Crippen molar-refractivity contribution in [1.82, 2.24) is 9.62 Å². The van der Waals surface area contributed by atoms with Crippen LogP contribution in [0.4, 0.5) is 14.0 Å². The zero-order valence-electron chi connectivity index (χ0n) is 14.3. The minimum absolute atomic E-state index is 0.200. The lowest BCUT2D eigenvalue weighted by atomic mass is 10.4. The highest BCUT2D eigenvalue weighted by Gasteiger charge is 2.49. The van der Waals surface area contributed by atoms with E-state index < -0.39 is 28.4 Å². The van der Waals surface area contributed by atoms with Crippen LogP contribution in [0.15, 0.2) is 29.2 Å². The van der Waals surface area contributed by atoms with Gasteiger partial charge in [0, 0.05) is 14.1 Å². The van der Waals surface area contributed by atoms with Gasteiger partial charge in [0.25, 0.3) is 0 Å². The highest BCUT2D eigenvalue weighted by atomic mass is 32.2. The standard InChI is InChI=1S/C15H21FN4O3S/c1-10(2)23-13(17)20(5,15(22)19(3)4)14(21)18-24-12-9-7-6-8-11(12)16/h6-10,17H,1-5H3/p+1. The van der Waals surface area contributed by atoms with Gasteiger partial charge in [-0.3, -0.25) is 4.90 Å². The molecule has 0 bridgehead atoms. The number of hydrogen-bond donors (Lipinski definition) is 2. The Hall–Kier alpha value is -2.13. The summed E-state index contributed by atoms with van der Waals surface area (Å²) in [7, 11) is 4.20. The molecule has 24 heavy (non-hydrogen) atoms. The molecule has 2 N–H and O–H groups in total. The van der Waals surface area contributed by atoms with Gasteiger partial charge in [0.05, 0.1) is 11.9 Å². The van der Waals surface area contributed by atoms with E-state index in [0.29, 0.717) is 0 Å². The van der Waals surface area contributed by atoms with Crippen molar-refractivity contribution in [3.8, 4) is 0 Å². The first-order valence-electron chi connectivity index (χ1n) is 7.16. The molecule has 0 saturated heterocycles. The van der Waals surface area contributed by atoms with E-state index in [1.54, 1.807) is 19.9 Å². The van der Waals surface area contributed by atoms with Gasteiger partial charge < -0.3 is 4.74 Å². The number of quaternary nitrogens is 1. The van der Waals surface area contributed by atoms with Gasteiger partial charge in [-0.25, -0.2) is 24.1 Å². The molecule has 1 unspecified atom stereocenters. The monoisotopic (exact) mass is 357 g/mol. The summed E-state index contributed by atoms with van der Waals surface area (Å²) in [5.74, 6) is -0.496. The van der Waals surface area contributed by atoms with Gasteiger partial charge in [0.2, 0.25) is 0 Å². The number of carbonyl (C=O) groups is 2. The summed E-state index contributed by atoms with van der Waals surface area (Å²) in [5.41, 5.74) is 0. The van der Waals surface area contributed by atoms with E-state index in [0.717, 1.165) is 11.9 Å². The Morgan fingerprint density at radius 3 is 2.42 bits per heavy atom. The van der Waals surface area contributed by atoms with E-state index in [-0.39, 0.29) is 11.0 Å². The molecule has 132 valence electrons. The van der Waals surface area contributed by atoms with Gasteiger partial charge in [0.15, 0.2) is 0 Å². The van der Waals surface area contributed by atoms with Gasteiger partial charge >= 0.3 is 18.1 Å². The van der Waals surface area contributed by atoms with E-state index in [9.17, 15) is 14.0 Å². The van der Waals surface area contributed by atoms with Crippen LogP contribution in [0.25, 0.3) is 0 Å². The van der Waals surface area contributed by atoms with Crippen LogP contribution in [0.1, 0.15) is 13.8 Å². The first-order valence-corrected chi connectivity index (χ1v) is 7.98. The predicted molar refractivity (Wildman–Crippen MR) is 90.0 cm³/mol. The van der Waals surface area contributed by atoms with Crippen molar-refractivity contribution in [2.24, 2.45) is 0 Å². The third kappa shape index (κ3) is 4.45. The number of amidine groups is 1. The van der Waals surface area contributed by atoms with E-state index in [1.165, 1.54) is 44.2 Å². The summed E-state index contributed by atoms with van der Waals surface area (Å²) < 4.78 is 20.2. The maximum atomic E-state index is 13.6. The highest BCUT2D eigenvalue weighted by Crippen LogP contribution is 2.20. The molecule has 0 spiro atoms. The minimum Gasteiger partial charge on any atom is -0.433 e. The Morgan fingerprint density at radius 1 is 1.33 bits per heavy atom. The highest BCUT2D eigenvalue weighted by molar-refractivity contribution is 7.98. The number of hydrogen-bond acceptors (Lipinski definition) is 5. The molecule has 4 amide bonds. The summed E-state index contributed by atoms with van der Waals surface area (Å²) in [6.07, 6.45) is -0.378. The first kappa shape index (κ1) is 19.9. The smallest absolute Gasteiger partial charge is 0.433 e. The average molecular weight is 357 g/mol. The molecule has 0 aromatic heterocycles. The number of imide groups is 1. The Kier molecular flexibility index (Phi) is 6.73. The molecule has 9 heteroatoms. The molecule has 0 heterocycles. The molecule has 1 aromatic rings. The lowest BCUT2D eigenvalue weighted by molar-refractivity contribution is -0.663. The minimum atomic E-state index is -1.05. The molecule has 0 aliphatic rings. The second kappa shape index (κ2) is 8.11. The fourth-order valence-corrected chi connectivity index (χ4v) is 2.40. The maximum absolute atomic E-state index is 13.6. The van der Waals surface area contributed by atoms with E-state index >= 15 is 0 Å². The Morgan fingerprint density at radius 2 is 1.92 bits per heavy atom. The molecular formula is C15H22FN4O3S+. The van der Waals surface area contributed by atoms with Crippen LogP contribution in [0.2, 0.25) is 0 Å². The number of carbonyl (C=O) groups excluding carboxylic acids is 2. The van der Waals surface area contributed by atoms with Gasteiger partial charge in [-0.1, -0.05) is 16.6 Å². The SMILES string of the molecule is CC(C)OC(=N)[N+](C)(C(=O)NSc1ccccc1F)C(=O)N(C)C. The quantitative estimate of drug-likeness (QED) is 0.377. The van der Waals surface area contributed by atoms with Crippen LogP contribution < -0.4 is 4.72 Å². The molecule has 0 aliphatic carbocycles. The second-order valence-corrected chi connectivity index (χ2v) is 6.44. The first-order chi connectivity index (χ1) is 11.1. The average Bonchev–Trinajstić information content (AvgIpc) is 2.51. The zero-order valence-corrected chi connectivity index (χ0v) is 15.1. The summed E-state index contributed by atoms with van der Waals surface area (Å²) in [4.78, 5) is 26.4. The molecule has 1 aromatic carbocycles. The van der Waals surface area contributed by atoms with Gasteiger partial charge in [-0.15, -0.1) is 0 Å². The fourth-order valence-electron chi connectivity index (χ4n) is 1.71. The van der Waals surface area contributed by atoms with Crippen molar-refractivity contribution in [3.05, 3.63) is 30.1 Å². The summed E-state index contributed by atoms with van der Waals surface area (Å²) >= 11 is 0.734. The number of nitrogens with one attached hydrogen (secondary N) is 2. The topological polar surface area (TPSA) is 82.5 Å². The van der Waals surface area contributed by atoms with Crippen LogP contribution in [-0.2, 0) is 4.74 Å². The van der Waals surface area contributed by atoms with Crippen LogP contribution in [-0.4, -0.2) is 54.7 Å². The third-order valence-corrected chi connectivity index (χ3v) is 3.84. The molecule has 7 nitrogen and oxygen atoms in total. The van der Waals surface area contributed by atoms with Crippen LogP contribution >= 0.6 is 11.9 Å². The van der Waals surface area contributed by atoms with Gasteiger partial charge in [-0.05, 0) is 37.9 Å². The molecular weight excluding hydrogens is 335 g/mol. The van der Waals surface area contributed by atoms with Crippen molar-refractivity contribution in [1.29, 1.82) is 5.41 Å². The fraction of sp³-hybridized carbons (Fsp3) is 0.400. The molecule has 1 rings (SSSR count). The zero-order chi connectivity index (χ0) is 18.5. The van der Waals surface area contributed by atoms with Crippen LogP contribution in [0.5, 0.6) is 0 Å². The molecule has 0 radical (unpaired) electrons. The van der Waals surface area contributed by atoms with Crippen molar-refractivity contribution >= 4 is 30.0 Å². The van der Waals surface area contributed by atoms with Gasteiger partial charge in [0.1, 0.15) is 11.9 Å². The number of ether oxygens (including phenoxy) is 1. The lowest BCUT2D eigenvalue weighted by Crippen LogP contribution is -2.64. The number of amides is 4. The van der Waals surface area contributed by atoms with Crippen molar-refractivity contribution < 1.29 is 23.2 Å². The lowest BCUT2D eigenvalue weighted by Gasteiger charge is -2.29. The second-order valence-electron chi connectivity index (χ2n) is 5.59. The summed E-state index contributed by atoms with van der Waals surface area (Å²) in [6, 6.07) is 3.92. The van der Waals surface area contributed by atoms with E-state index in [1.807, 2.05) is 0 Å². The van der Waals surface area contributed by atoms with E-state index in [2.05, 4.69) is 4.72 Å². The normalized spacial score (nSPS) is 13.1. The molecule has 1 atom stereocenters. The number of halogens is 1. The molecule has 0 aliphatic heterocycles. The molecule has 0 saturated carbocycles. The Bertz CT molecular complexity index is 639. The summed E-state index contributed by atoms with van der Waals surface area (Å²) in [6.45, 7) is 3.37. The maximum Gasteiger partial charge on any atom is 0.444 e. The largest absolute Gasteiger partial charge is 0.444 e. The van der Waals surface area contributed by atoms with Crippen molar-refractivity contribution in [2.45, 2.75) is 24.8 Å². The molecule has 0 fully saturated rings. The van der Waals surface area contributed by atoms with Crippen LogP contribution in [0, 0.1) is 11.2 Å². The number of rotatable bonds is 3. The van der Waals surface area contributed by atoms with Crippen molar-refractivity contribution in [3.63, 3.8) is 0 Å². The predicted octanol–water partition coefficient (Wildman–Crippen LogP) is 3.03. The number of benzene rings is 1. The van der Waals surface area contributed by atoms with Crippen molar-refractivity contribution in [2.75, 3.05) is 21.1 Å². The third-order valence-electron chi connectivity index (χ3n) is 3.01. The number of nitrogens with zero attached hydrogens (tertiary/aromatic N) is 2. The Balaban J connectivity index is 3.02. The van der Waals surface area contributed by atoms with Crippen LogP contribution in [0.3, 0.4) is 0 Å². The summed E-state index contributed by atoms with van der Waals surface area (Å²) in [5, 5.41) is 8.01. The van der Waals surface area contributed by atoms with E-state index in [4.69, 9.17) is 10.1 Å². The Labute approximate surface area is 145 Å². The number of urea groups is 2.